The van der Waals surface area contributed by atoms with Gasteiger partial charge in [0.05, 0.1) is 17.2 Å². The van der Waals surface area contributed by atoms with Gasteiger partial charge >= 0.3 is 0 Å². The minimum atomic E-state index is -0.214. The van der Waals surface area contributed by atoms with Crippen molar-refractivity contribution in [3.63, 3.8) is 0 Å². The quantitative estimate of drug-likeness (QED) is 0.524. The van der Waals surface area contributed by atoms with Crippen molar-refractivity contribution in [1.82, 2.24) is 10.4 Å². The van der Waals surface area contributed by atoms with Crippen LogP contribution in [-0.2, 0) is 4.79 Å². The largest absolute Gasteiger partial charge is 0.272 e. The smallest absolute Gasteiger partial charge is 0.253 e. The molecule has 0 radical (unpaired) electrons. The Bertz CT molecular complexity index is 611. The van der Waals surface area contributed by atoms with Crippen LogP contribution in [0.3, 0.4) is 0 Å². The van der Waals surface area contributed by atoms with Crippen LogP contribution >= 0.6 is 11.8 Å². The number of carbonyl (C=O) groups is 1. The Morgan fingerprint density at radius 2 is 2.05 bits per heavy atom. The van der Waals surface area contributed by atoms with Gasteiger partial charge < -0.3 is 0 Å². The van der Waals surface area contributed by atoms with Crippen molar-refractivity contribution >= 4 is 23.9 Å². The van der Waals surface area contributed by atoms with Crippen LogP contribution in [0.5, 0.6) is 0 Å². The highest BCUT2D eigenvalue weighted by Crippen LogP contribution is 2.23. The Morgan fingerprint density at radius 3 is 2.71 bits per heavy atom. The summed E-state index contributed by atoms with van der Waals surface area (Å²) in [6, 6.07) is 13.6. The fourth-order valence-electron chi connectivity index (χ4n) is 1.58. The van der Waals surface area contributed by atoms with Crippen LogP contribution in [0.15, 0.2) is 58.7 Å². The van der Waals surface area contributed by atoms with E-state index in [1.807, 2.05) is 56.3 Å². The molecule has 1 aromatic carbocycles. The molecule has 0 bridgehead atoms. The summed E-state index contributed by atoms with van der Waals surface area (Å²) in [6.45, 7) is 3.90. The van der Waals surface area contributed by atoms with Crippen LogP contribution in [0.1, 0.15) is 18.2 Å². The Hall–Kier alpha value is -2.14. The summed E-state index contributed by atoms with van der Waals surface area (Å²) in [4.78, 5) is 17.1. The van der Waals surface area contributed by atoms with Gasteiger partial charge in [-0.1, -0.05) is 23.8 Å². The van der Waals surface area contributed by atoms with Gasteiger partial charge in [0.2, 0.25) is 0 Å². The Kier molecular flexibility index (Phi) is 5.51. The number of aromatic nitrogens is 1. The van der Waals surface area contributed by atoms with Gasteiger partial charge in [0.25, 0.3) is 5.91 Å². The van der Waals surface area contributed by atoms with Gasteiger partial charge in [0.15, 0.2) is 0 Å². The molecule has 1 aromatic heterocycles. The Balaban J connectivity index is 1.85. The van der Waals surface area contributed by atoms with Crippen LogP contribution in [0, 0.1) is 6.92 Å². The molecule has 4 nitrogen and oxygen atoms in total. The normalized spacial score (nSPS) is 12.3. The highest BCUT2D eigenvalue weighted by molar-refractivity contribution is 8.00. The molecule has 1 atom stereocenters. The topological polar surface area (TPSA) is 54.4 Å². The zero-order valence-electron chi connectivity index (χ0n) is 12.0. The first-order valence-corrected chi connectivity index (χ1v) is 7.50. The van der Waals surface area contributed by atoms with E-state index in [1.165, 1.54) is 23.5 Å². The van der Waals surface area contributed by atoms with Crippen molar-refractivity contribution in [1.29, 1.82) is 0 Å². The molecule has 1 N–H and O–H groups in total. The molecular formula is C16H17N3OS. The molecule has 0 saturated carbocycles. The predicted octanol–water partition coefficient (Wildman–Crippen LogP) is 3.02. The van der Waals surface area contributed by atoms with Crippen LogP contribution in [0.4, 0.5) is 0 Å². The highest BCUT2D eigenvalue weighted by atomic mass is 32.2. The molecule has 2 rings (SSSR count). The maximum absolute atomic E-state index is 11.9. The van der Waals surface area contributed by atoms with Crippen LogP contribution in [0.25, 0.3) is 0 Å². The van der Waals surface area contributed by atoms with E-state index in [0.29, 0.717) is 5.69 Å². The third-order valence-corrected chi connectivity index (χ3v) is 3.87. The van der Waals surface area contributed by atoms with Gasteiger partial charge in [-0.2, -0.15) is 5.10 Å². The van der Waals surface area contributed by atoms with Crippen molar-refractivity contribution in [2.75, 3.05) is 0 Å². The lowest BCUT2D eigenvalue weighted by Gasteiger charge is -2.09. The summed E-state index contributed by atoms with van der Waals surface area (Å²) in [5, 5.41) is 3.70. The molecule has 0 unspecified atom stereocenters. The molecule has 1 heterocycles. The Morgan fingerprint density at radius 1 is 1.29 bits per heavy atom. The van der Waals surface area contributed by atoms with Gasteiger partial charge in [0.1, 0.15) is 0 Å². The second-order valence-corrected chi connectivity index (χ2v) is 5.98. The van der Waals surface area contributed by atoms with E-state index in [0.717, 1.165) is 4.90 Å². The van der Waals surface area contributed by atoms with E-state index < -0.39 is 0 Å². The minimum absolute atomic E-state index is 0.132. The average molecular weight is 299 g/mol. The number of thioether (sulfide) groups is 1. The number of pyridine rings is 1. The second kappa shape index (κ2) is 7.59. The van der Waals surface area contributed by atoms with E-state index in [-0.39, 0.29) is 11.2 Å². The van der Waals surface area contributed by atoms with E-state index in [9.17, 15) is 4.79 Å². The number of nitrogens with one attached hydrogen (secondary N) is 1. The van der Waals surface area contributed by atoms with Crippen LogP contribution in [-0.4, -0.2) is 22.4 Å². The molecule has 0 aliphatic heterocycles. The van der Waals surface area contributed by atoms with E-state index in [1.54, 1.807) is 6.20 Å². The molecule has 1 amide bonds. The van der Waals surface area contributed by atoms with Gasteiger partial charge in [-0.25, -0.2) is 5.43 Å². The van der Waals surface area contributed by atoms with Gasteiger partial charge in [0, 0.05) is 11.1 Å². The maximum atomic E-state index is 11.9. The second-order valence-electron chi connectivity index (χ2n) is 4.56. The predicted molar refractivity (Wildman–Crippen MR) is 86.5 cm³/mol. The van der Waals surface area contributed by atoms with Crippen LogP contribution in [0.2, 0.25) is 0 Å². The minimum Gasteiger partial charge on any atom is -0.272 e. The number of hydrazone groups is 1. The number of hydrogen-bond acceptors (Lipinski definition) is 4. The lowest BCUT2D eigenvalue weighted by molar-refractivity contribution is -0.120. The standard InChI is InChI=1S/C16H17N3OS/c1-12-6-8-15(9-7-12)21-13(2)16(20)19-18-11-14-5-3-4-10-17-14/h3-11,13H,1-2H3,(H,19,20)/b18-11-/t13-/m1/s1. The van der Waals surface area contributed by atoms with Crippen molar-refractivity contribution < 1.29 is 4.79 Å². The summed E-state index contributed by atoms with van der Waals surface area (Å²) < 4.78 is 0. The van der Waals surface area contributed by atoms with Gasteiger partial charge in [-0.15, -0.1) is 11.8 Å². The number of aryl methyl sites for hydroxylation is 1. The summed E-state index contributed by atoms with van der Waals surface area (Å²) in [6.07, 6.45) is 3.21. The molecule has 0 aliphatic carbocycles. The fraction of sp³-hybridized carbons (Fsp3) is 0.188. The van der Waals surface area contributed by atoms with Crippen molar-refractivity contribution in [2.24, 2.45) is 5.10 Å². The third kappa shape index (κ3) is 5.04. The lowest BCUT2D eigenvalue weighted by Crippen LogP contribution is -2.26. The van der Waals surface area contributed by atoms with Crippen molar-refractivity contribution in [2.45, 2.75) is 24.0 Å². The molecule has 2 aromatic rings. The fourth-order valence-corrected chi connectivity index (χ4v) is 2.44. The number of nitrogens with zero attached hydrogens (tertiary/aromatic N) is 2. The van der Waals surface area contributed by atoms with Gasteiger partial charge in [-0.3, -0.25) is 9.78 Å². The monoisotopic (exact) mass is 299 g/mol. The first-order chi connectivity index (χ1) is 10.1. The SMILES string of the molecule is Cc1ccc(S[C@H](C)C(=O)N/N=C\c2ccccn2)cc1. The van der Waals surface area contributed by atoms with E-state index in [2.05, 4.69) is 15.5 Å². The summed E-state index contributed by atoms with van der Waals surface area (Å²) in [5.41, 5.74) is 4.44. The molecule has 0 aliphatic rings. The summed E-state index contributed by atoms with van der Waals surface area (Å²) >= 11 is 1.51. The van der Waals surface area contributed by atoms with Crippen molar-refractivity contribution in [3.8, 4) is 0 Å². The number of benzene rings is 1. The molecule has 5 heteroatoms. The maximum Gasteiger partial charge on any atom is 0.253 e. The highest BCUT2D eigenvalue weighted by Gasteiger charge is 2.13. The number of rotatable bonds is 5. The molecule has 0 fully saturated rings. The average Bonchev–Trinajstić information content (AvgIpc) is 2.50. The lowest BCUT2D eigenvalue weighted by atomic mass is 10.2. The zero-order valence-corrected chi connectivity index (χ0v) is 12.8. The summed E-state index contributed by atoms with van der Waals surface area (Å²) in [7, 11) is 0. The molecule has 21 heavy (non-hydrogen) atoms. The Labute approximate surface area is 128 Å². The first-order valence-electron chi connectivity index (χ1n) is 6.62. The van der Waals surface area contributed by atoms with E-state index >= 15 is 0 Å². The number of amides is 1. The first kappa shape index (κ1) is 15.3. The molecule has 0 saturated heterocycles. The summed E-state index contributed by atoms with van der Waals surface area (Å²) in [5.74, 6) is -0.132. The number of carbonyl (C=O) groups excluding carboxylic acids is 1. The van der Waals surface area contributed by atoms with E-state index in [4.69, 9.17) is 0 Å². The zero-order chi connectivity index (χ0) is 15.1. The van der Waals surface area contributed by atoms with Gasteiger partial charge in [-0.05, 0) is 38.1 Å². The molecular weight excluding hydrogens is 282 g/mol. The molecule has 0 spiro atoms. The number of hydrogen-bond donors (Lipinski definition) is 1. The van der Waals surface area contributed by atoms with Crippen LogP contribution < -0.4 is 5.43 Å². The van der Waals surface area contributed by atoms with Crippen molar-refractivity contribution in [3.05, 3.63) is 59.9 Å². The third-order valence-electron chi connectivity index (χ3n) is 2.76. The molecule has 108 valence electrons.